The molecule has 0 aliphatic carbocycles. The summed E-state index contributed by atoms with van der Waals surface area (Å²) in [6.45, 7) is 3.66. The van der Waals surface area contributed by atoms with Crippen LogP contribution in [0.25, 0.3) is 6.08 Å². The molecule has 1 N–H and O–H groups in total. The third-order valence-corrected chi connectivity index (χ3v) is 5.37. The Balaban J connectivity index is 2.54. The van der Waals surface area contributed by atoms with E-state index in [1.54, 1.807) is 37.3 Å². The Bertz CT molecular complexity index is 745. The molecular weight excluding hydrogens is 296 g/mol. The van der Waals surface area contributed by atoms with Crippen LogP contribution in [0.2, 0.25) is 0 Å². The van der Waals surface area contributed by atoms with Crippen LogP contribution in [0, 0.1) is 6.92 Å². The molecule has 0 radical (unpaired) electrons. The molecule has 3 nitrogen and oxygen atoms in total. The highest BCUT2D eigenvalue weighted by Crippen LogP contribution is 2.26. The fourth-order valence-electron chi connectivity index (χ4n) is 2.12. The van der Waals surface area contributed by atoms with Gasteiger partial charge >= 0.3 is 0 Å². The van der Waals surface area contributed by atoms with Crippen LogP contribution in [0.4, 0.5) is 0 Å². The summed E-state index contributed by atoms with van der Waals surface area (Å²) in [4.78, 5) is 0.234. The lowest BCUT2D eigenvalue weighted by Gasteiger charge is -2.14. The Morgan fingerprint density at radius 2 is 1.68 bits per heavy atom. The standard InChI is InChI=1S/C18H20O3S/c1-3-17(19)18(13-15-7-5-4-6-8-15)22(20,21)16-11-9-14(2)10-12-16/h4-13,17,19H,3H2,1-2H3/b18-13+/t17-/m1/s1. The molecule has 2 rings (SSSR count). The van der Waals surface area contributed by atoms with Gasteiger partial charge in [-0.1, -0.05) is 55.0 Å². The second-order valence-electron chi connectivity index (χ2n) is 5.20. The molecule has 0 saturated heterocycles. The van der Waals surface area contributed by atoms with E-state index in [1.165, 1.54) is 0 Å². The molecule has 1 atom stereocenters. The van der Waals surface area contributed by atoms with Gasteiger partial charge in [-0.05, 0) is 37.1 Å². The summed E-state index contributed by atoms with van der Waals surface area (Å²) in [5.41, 5.74) is 1.74. The van der Waals surface area contributed by atoms with E-state index in [9.17, 15) is 13.5 Å². The van der Waals surface area contributed by atoms with Crippen LogP contribution in [0.1, 0.15) is 24.5 Å². The first kappa shape index (κ1) is 16.5. The molecule has 2 aromatic carbocycles. The minimum absolute atomic E-state index is 0.0325. The minimum Gasteiger partial charge on any atom is -0.388 e. The molecule has 0 aliphatic heterocycles. The lowest BCUT2D eigenvalue weighted by molar-refractivity contribution is 0.215. The van der Waals surface area contributed by atoms with E-state index in [1.807, 2.05) is 37.3 Å². The van der Waals surface area contributed by atoms with Crippen LogP contribution in [-0.2, 0) is 9.84 Å². The molecule has 0 saturated carbocycles. The van der Waals surface area contributed by atoms with Crippen molar-refractivity contribution in [2.24, 2.45) is 0 Å². The Kier molecular flexibility index (Phi) is 5.16. The van der Waals surface area contributed by atoms with Crippen molar-refractivity contribution in [1.29, 1.82) is 0 Å². The zero-order valence-corrected chi connectivity index (χ0v) is 13.5. The fourth-order valence-corrected chi connectivity index (χ4v) is 3.70. The van der Waals surface area contributed by atoms with E-state index < -0.39 is 15.9 Å². The van der Waals surface area contributed by atoms with Crippen molar-refractivity contribution in [2.75, 3.05) is 0 Å². The summed E-state index contributed by atoms with van der Waals surface area (Å²) in [6, 6.07) is 15.8. The summed E-state index contributed by atoms with van der Waals surface area (Å²) in [7, 11) is -3.72. The van der Waals surface area contributed by atoms with E-state index >= 15 is 0 Å². The van der Waals surface area contributed by atoms with Crippen molar-refractivity contribution in [3.05, 3.63) is 70.6 Å². The van der Waals surface area contributed by atoms with Crippen LogP contribution < -0.4 is 0 Å². The van der Waals surface area contributed by atoms with Gasteiger partial charge < -0.3 is 5.11 Å². The third-order valence-electron chi connectivity index (χ3n) is 3.47. The highest BCUT2D eigenvalue weighted by molar-refractivity contribution is 7.95. The largest absolute Gasteiger partial charge is 0.388 e. The maximum Gasteiger partial charge on any atom is 0.205 e. The van der Waals surface area contributed by atoms with Gasteiger partial charge in [0.1, 0.15) is 0 Å². The predicted molar refractivity (Wildman–Crippen MR) is 89.1 cm³/mol. The van der Waals surface area contributed by atoms with Gasteiger partial charge in [0.15, 0.2) is 0 Å². The first-order valence-electron chi connectivity index (χ1n) is 7.21. The van der Waals surface area contributed by atoms with Crippen LogP contribution in [0.3, 0.4) is 0 Å². The number of aliphatic hydroxyl groups excluding tert-OH is 1. The predicted octanol–water partition coefficient (Wildman–Crippen LogP) is 3.58. The molecule has 2 aromatic rings. The highest BCUT2D eigenvalue weighted by Gasteiger charge is 2.25. The van der Waals surface area contributed by atoms with Gasteiger partial charge in [-0.3, -0.25) is 0 Å². The number of aliphatic hydroxyl groups is 1. The van der Waals surface area contributed by atoms with Gasteiger partial charge in [0, 0.05) is 0 Å². The lowest BCUT2D eigenvalue weighted by Crippen LogP contribution is -2.18. The van der Waals surface area contributed by atoms with Gasteiger partial charge in [0.05, 0.1) is 15.9 Å². The maximum absolute atomic E-state index is 12.8. The number of sulfone groups is 1. The molecule has 0 unspecified atom stereocenters. The van der Waals surface area contributed by atoms with Crippen molar-refractivity contribution >= 4 is 15.9 Å². The third kappa shape index (κ3) is 3.64. The van der Waals surface area contributed by atoms with Crippen LogP contribution >= 0.6 is 0 Å². The number of hydrogen-bond donors (Lipinski definition) is 1. The molecular formula is C18H20O3S. The Hall–Kier alpha value is -1.91. The van der Waals surface area contributed by atoms with E-state index in [0.29, 0.717) is 6.42 Å². The quantitative estimate of drug-likeness (QED) is 0.917. The number of benzene rings is 2. The monoisotopic (exact) mass is 316 g/mol. The number of rotatable bonds is 5. The zero-order chi connectivity index (χ0) is 16.2. The average Bonchev–Trinajstić information content (AvgIpc) is 2.53. The van der Waals surface area contributed by atoms with Crippen molar-refractivity contribution in [3.63, 3.8) is 0 Å². The van der Waals surface area contributed by atoms with Crippen LogP contribution in [0.15, 0.2) is 64.4 Å². The second-order valence-corrected chi connectivity index (χ2v) is 7.15. The van der Waals surface area contributed by atoms with Gasteiger partial charge in [-0.25, -0.2) is 8.42 Å². The molecule has 22 heavy (non-hydrogen) atoms. The molecule has 0 amide bonds. The first-order valence-corrected chi connectivity index (χ1v) is 8.70. The molecule has 0 aliphatic rings. The average molecular weight is 316 g/mol. The highest BCUT2D eigenvalue weighted by atomic mass is 32.2. The Morgan fingerprint density at radius 1 is 1.09 bits per heavy atom. The molecule has 0 aromatic heterocycles. The van der Waals surface area contributed by atoms with Gasteiger partial charge in [0.25, 0.3) is 0 Å². The summed E-state index contributed by atoms with van der Waals surface area (Å²) in [5, 5.41) is 10.2. The summed E-state index contributed by atoms with van der Waals surface area (Å²) in [5.74, 6) is 0. The molecule has 0 spiro atoms. The Morgan fingerprint density at radius 3 is 2.23 bits per heavy atom. The Labute approximate surface area is 131 Å². The van der Waals surface area contributed by atoms with Crippen molar-refractivity contribution in [1.82, 2.24) is 0 Å². The molecule has 4 heteroatoms. The second kappa shape index (κ2) is 6.90. The van der Waals surface area contributed by atoms with E-state index in [4.69, 9.17) is 0 Å². The smallest absolute Gasteiger partial charge is 0.205 e. The molecule has 0 bridgehead atoms. The van der Waals surface area contributed by atoms with E-state index in [0.717, 1.165) is 11.1 Å². The first-order chi connectivity index (χ1) is 10.4. The SMILES string of the molecule is CC[C@@H](O)/C(=C\c1ccccc1)S(=O)(=O)c1ccc(C)cc1. The van der Waals surface area contributed by atoms with Gasteiger partial charge in [-0.2, -0.15) is 0 Å². The molecule has 0 heterocycles. The summed E-state index contributed by atoms with van der Waals surface area (Å²) >= 11 is 0. The number of aryl methyl sites for hydroxylation is 1. The maximum atomic E-state index is 12.8. The lowest BCUT2D eigenvalue weighted by atomic mass is 10.1. The molecule has 0 fully saturated rings. The van der Waals surface area contributed by atoms with Crippen molar-refractivity contribution in [2.45, 2.75) is 31.3 Å². The van der Waals surface area contributed by atoms with Gasteiger partial charge in [-0.15, -0.1) is 0 Å². The van der Waals surface area contributed by atoms with Crippen LogP contribution in [-0.4, -0.2) is 19.6 Å². The van der Waals surface area contributed by atoms with Gasteiger partial charge in [0.2, 0.25) is 9.84 Å². The van der Waals surface area contributed by atoms with Crippen molar-refractivity contribution in [3.8, 4) is 0 Å². The van der Waals surface area contributed by atoms with Crippen LogP contribution in [0.5, 0.6) is 0 Å². The molecule has 116 valence electrons. The minimum atomic E-state index is -3.72. The van der Waals surface area contributed by atoms with Crippen molar-refractivity contribution < 1.29 is 13.5 Å². The topological polar surface area (TPSA) is 54.4 Å². The van der Waals surface area contributed by atoms with E-state index in [-0.39, 0.29) is 9.80 Å². The zero-order valence-electron chi connectivity index (χ0n) is 12.7. The van der Waals surface area contributed by atoms with E-state index in [2.05, 4.69) is 0 Å². The summed E-state index contributed by atoms with van der Waals surface area (Å²) in [6.07, 6.45) is 0.860. The number of hydrogen-bond acceptors (Lipinski definition) is 3. The normalized spacial score (nSPS) is 13.9. The fraction of sp³-hybridized carbons (Fsp3) is 0.222. The summed E-state index contributed by atoms with van der Waals surface area (Å²) < 4.78 is 25.6.